The first-order valence-corrected chi connectivity index (χ1v) is 11.5. The summed E-state index contributed by atoms with van der Waals surface area (Å²) >= 11 is 5.81. The number of esters is 1. The van der Waals surface area contributed by atoms with Crippen LogP contribution in [0.4, 0.5) is 5.69 Å². The van der Waals surface area contributed by atoms with E-state index in [4.69, 9.17) is 16.3 Å². The minimum atomic E-state index is -3.80. The van der Waals surface area contributed by atoms with Crippen LogP contribution in [-0.4, -0.2) is 44.9 Å². The molecular weight excluding hydrogens is 428 g/mol. The Morgan fingerprint density at radius 3 is 2.43 bits per heavy atom. The highest BCUT2D eigenvalue weighted by atomic mass is 35.5. The fourth-order valence-electron chi connectivity index (χ4n) is 3.30. The van der Waals surface area contributed by atoms with E-state index >= 15 is 0 Å². The van der Waals surface area contributed by atoms with Gasteiger partial charge in [-0.05, 0) is 62.2 Å². The van der Waals surface area contributed by atoms with Gasteiger partial charge in [-0.3, -0.25) is 14.3 Å². The maximum atomic E-state index is 12.8. The van der Waals surface area contributed by atoms with Crippen molar-refractivity contribution in [3.05, 3.63) is 59.1 Å². The van der Waals surface area contributed by atoms with E-state index in [9.17, 15) is 18.0 Å². The molecule has 0 atom stereocenters. The number of likely N-dealkylation sites (tertiary alicyclic amines) is 1. The third kappa shape index (κ3) is 5.31. The molecule has 0 spiro atoms. The fraction of sp³-hybridized carbons (Fsp3) is 0.333. The molecule has 1 aliphatic rings. The van der Waals surface area contributed by atoms with Gasteiger partial charge in [0.2, 0.25) is 0 Å². The molecule has 0 radical (unpaired) electrons. The number of nitrogens with one attached hydrogen (secondary N) is 1. The summed E-state index contributed by atoms with van der Waals surface area (Å²) < 4.78 is 32.6. The molecule has 1 heterocycles. The van der Waals surface area contributed by atoms with Crippen LogP contribution < -0.4 is 4.72 Å². The minimum absolute atomic E-state index is 0.0738. The van der Waals surface area contributed by atoms with Gasteiger partial charge in [0.25, 0.3) is 15.9 Å². The van der Waals surface area contributed by atoms with E-state index in [0.29, 0.717) is 43.1 Å². The van der Waals surface area contributed by atoms with Crippen molar-refractivity contribution in [1.82, 2.24) is 4.90 Å². The summed E-state index contributed by atoms with van der Waals surface area (Å²) in [5.41, 5.74) is 0.665. The van der Waals surface area contributed by atoms with Gasteiger partial charge >= 0.3 is 5.97 Å². The van der Waals surface area contributed by atoms with Crippen LogP contribution >= 0.6 is 11.6 Å². The quantitative estimate of drug-likeness (QED) is 0.679. The lowest BCUT2D eigenvalue weighted by Gasteiger charge is -2.31. The van der Waals surface area contributed by atoms with Crippen LogP contribution in [0.3, 0.4) is 0 Å². The van der Waals surface area contributed by atoms with E-state index in [0.717, 1.165) is 0 Å². The molecule has 3 rings (SSSR count). The number of benzene rings is 2. The van der Waals surface area contributed by atoms with E-state index in [2.05, 4.69) is 4.72 Å². The number of halogens is 1. The molecule has 0 aliphatic carbocycles. The third-order valence-electron chi connectivity index (χ3n) is 4.89. The number of sulfonamides is 1. The highest BCUT2D eigenvalue weighted by Crippen LogP contribution is 2.23. The standard InChI is InChI=1S/C21H23ClN2O5S/c1-2-29-21(26)15-10-12-24(13-11-15)20(25)16-4-3-5-18(14-16)23-30(27,28)19-8-6-17(22)7-9-19/h3-9,14-15,23H,2,10-13H2,1H3. The molecule has 160 valence electrons. The molecule has 2 aromatic rings. The first-order chi connectivity index (χ1) is 14.3. The highest BCUT2D eigenvalue weighted by molar-refractivity contribution is 7.92. The molecular formula is C21H23ClN2O5S. The van der Waals surface area contributed by atoms with Gasteiger partial charge in [0.1, 0.15) is 0 Å². The number of piperidine rings is 1. The van der Waals surface area contributed by atoms with Crippen LogP contribution in [0, 0.1) is 5.92 Å². The van der Waals surface area contributed by atoms with Crippen LogP contribution in [-0.2, 0) is 19.6 Å². The summed E-state index contributed by atoms with van der Waals surface area (Å²) in [4.78, 5) is 26.4. The Hall–Kier alpha value is -2.58. The lowest BCUT2D eigenvalue weighted by molar-refractivity contribution is -0.149. The van der Waals surface area contributed by atoms with Gasteiger partial charge < -0.3 is 9.64 Å². The second-order valence-electron chi connectivity index (χ2n) is 6.96. The second-order valence-corrected chi connectivity index (χ2v) is 9.08. The zero-order valence-electron chi connectivity index (χ0n) is 16.5. The van der Waals surface area contributed by atoms with Crippen molar-refractivity contribution in [1.29, 1.82) is 0 Å². The second kappa shape index (κ2) is 9.49. The Labute approximate surface area is 181 Å². The molecule has 7 nitrogen and oxygen atoms in total. The fourth-order valence-corrected chi connectivity index (χ4v) is 4.48. The average molecular weight is 451 g/mol. The van der Waals surface area contributed by atoms with Crippen molar-refractivity contribution in [2.24, 2.45) is 5.92 Å². The minimum Gasteiger partial charge on any atom is -0.466 e. The third-order valence-corrected chi connectivity index (χ3v) is 6.54. The normalized spacial score (nSPS) is 14.9. The smallest absolute Gasteiger partial charge is 0.309 e. The highest BCUT2D eigenvalue weighted by Gasteiger charge is 2.28. The van der Waals surface area contributed by atoms with E-state index < -0.39 is 10.0 Å². The van der Waals surface area contributed by atoms with Crippen LogP contribution in [0.25, 0.3) is 0 Å². The summed E-state index contributed by atoms with van der Waals surface area (Å²) in [5.74, 6) is -0.612. The number of hydrogen-bond donors (Lipinski definition) is 1. The van der Waals surface area contributed by atoms with Gasteiger partial charge in [-0.1, -0.05) is 17.7 Å². The molecule has 30 heavy (non-hydrogen) atoms. The van der Waals surface area contributed by atoms with Crippen molar-refractivity contribution >= 4 is 39.2 Å². The van der Waals surface area contributed by atoms with Crippen LogP contribution in [0.2, 0.25) is 5.02 Å². The number of carbonyl (C=O) groups is 2. The van der Waals surface area contributed by atoms with Crippen LogP contribution in [0.1, 0.15) is 30.1 Å². The molecule has 1 saturated heterocycles. The number of ether oxygens (including phenoxy) is 1. The number of rotatable bonds is 6. The Morgan fingerprint density at radius 2 is 1.80 bits per heavy atom. The topological polar surface area (TPSA) is 92.8 Å². The number of nitrogens with zero attached hydrogens (tertiary/aromatic N) is 1. The molecule has 1 amide bonds. The molecule has 0 bridgehead atoms. The number of amides is 1. The lowest BCUT2D eigenvalue weighted by atomic mass is 9.96. The molecule has 0 aromatic heterocycles. The Bertz CT molecular complexity index is 1020. The number of anilines is 1. The summed E-state index contributed by atoms with van der Waals surface area (Å²) in [6.45, 7) is 3.01. The predicted molar refractivity (Wildman–Crippen MR) is 114 cm³/mol. The maximum absolute atomic E-state index is 12.8. The van der Waals surface area contributed by atoms with Crippen LogP contribution in [0.5, 0.6) is 0 Å². The molecule has 1 aliphatic heterocycles. The van der Waals surface area contributed by atoms with E-state index in [1.165, 1.54) is 30.3 Å². The summed E-state index contributed by atoms with van der Waals surface area (Å²) in [5, 5.41) is 0.438. The average Bonchev–Trinajstić information content (AvgIpc) is 2.74. The van der Waals surface area contributed by atoms with Gasteiger partial charge in [0.15, 0.2) is 0 Å². The van der Waals surface area contributed by atoms with Crippen molar-refractivity contribution in [2.45, 2.75) is 24.7 Å². The molecule has 0 unspecified atom stereocenters. The first-order valence-electron chi connectivity index (χ1n) is 9.64. The largest absolute Gasteiger partial charge is 0.466 e. The van der Waals surface area contributed by atoms with Gasteiger partial charge in [0.05, 0.1) is 17.4 Å². The van der Waals surface area contributed by atoms with Gasteiger partial charge in [-0.2, -0.15) is 0 Å². The van der Waals surface area contributed by atoms with Gasteiger partial charge in [-0.15, -0.1) is 0 Å². The summed E-state index contributed by atoms with van der Waals surface area (Å²) in [6, 6.07) is 12.2. The Kier molecular flexibility index (Phi) is 6.99. The van der Waals surface area contributed by atoms with E-state index in [-0.39, 0.29) is 28.4 Å². The van der Waals surface area contributed by atoms with E-state index in [1.54, 1.807) is 30.0 Å². The predicted octanol–water partition coefficient (Wildman–Crippen LogP) is 3.56. The van der Waals surface area contributed by atoms with Gasteiger partial charge in [-0.25, -0.2) is 8.42 Å². The van der Waals surface area contributed by atoms with Crippen molar-refractivity contribution in [3.63, 3.8) is 0 Å². The zero-order chi connectivity index (χ0) is 21.7. The summed E-state index contributed by atoms with van der Waals surface area (Å²) in [6.07, 6.45) is 1.10. The SMILES string of the molecule is CCOC(=O)C1CCN(C(=O)c2cccc(NS(=O)(=O)c3ccc(Cl)cc3)c2)CC1. The van der Waals surface area contributed by atoms with Crippen LogP contribution in [0.15, 0.2) is 53.4 Å². The Morgan fingerprint density at radius 1 is 1.13 bits per heavy atom. The van der Waals surface area contributed by atoms with E-state index in [1.807, 2.05) is 0 Å². The summed E-state index contributed by atoms with van der Waals surface area (Å²) in [7, 11) is -3.80. The van der Waals surface area contributed by atoms with Crippen molar-refractivity contribution in [3.8, 4) is 0 Å². The van der Waals surface area contributed by atoms with Crippen molar-refractivity contribution < 1.29 is 22.7 Å². The molecule has 9 heteroatoms. The number of hydrogen-bond acceptors (Lipinski definition) is 5. The molecule has 0 saturated carbocycles. The Balaban J connectivity index is 1.67. The maximum Gasteiger partial charge on any atom is 0.309 e. The molecule has 2 aromatic carbocycles. The monoisotopic (exact) mass is 450 g/mol. The van der Waals surface area contributed by atoms with Crippen molar-refractivity contribution in [2.75, 3.05) is 24.4 Å². The first kappa shape index (κ1) is 22.1. The number of carbonyl (C=O) groups excluding carboxylic acids is 2. The van der Waals surface area contributed by atoms with Gasteiger partial charge in [0, 0.05) is 29.4 Å². The molecule has 1 fully saturated rings. The molecule has 1 N–H and O–H groups in total. The lowest BCUT2D eigenvalue weighted by Crippen LogP contribution is -2.40. The zero-order valence-corrected chi connectivity index (χ0v) is 18.1.